The number of piperidine rings is 1. The van der Waals surface area contributed by atoms with Gasteiger partial charge < -0.3 is 10.0 Å². The van der Waals surface area contributed by atoms with Gasteiger partial charge in [0.25, 0.3) is 0 Å². The highest BCUT2D eigenvalue weighted by Crippen LogP contribution is 2.38. The topological polar surface area (TPSA) is 40.5 Å². The van der Waals surface area contributed by atoms with Crippen LogP contribution in [0, 0.1) is 0 Å². The summed E-state index contributed by atoms with van der Waals surface area (Å²) in [7, 11) is 0. The zero-order valence-corrected chi connectivity index (χ0v) is 11.9. The molecule has 20 heavy (non-hydrogen) atoms. The quantitative estimate of drug-likeness (QED) is 0.920. The van der Waals surface area contributed by atoms with Gasteiger partial charge in [-0.25, -0.2) is 0 Å². The Bertz CT molecular complexity index is 457. The fraction of sp³-hybridized carbons (Fsp3) is 0.588. The minimum absolute atomic E-state index is 0.658. The van der Waals surface area contributed by atoms with Gasteiger partial charge in [-0.15, -0.1) is 0 Å². The Morgan fingerprint density at radius 3 is 2.25 bits per heavy atom. The van der Waals surface area contributed by atoms with Crippen molar-refractivity contribution >= 4 is 5.97 Å². The Balaban J connectivity index is 1.76. The summed E-state index contributed by atoms with van der Waals surface area (Å²) in [6.45, 7) is 1.84. The van der Waals surface area contributed by atoms with Crippen LogP contribution in [-0.4, -0.2) is 35.1 Å². The number of carbonyl (C=O) groups is 1. The molecule has 0 radical (unpaired) electrons. The first-order valence-corrected chi connectivity index (χ1v) is 7.75. The molecule has 0 bridgehead atoms. The van der Waals surface area contributed by atoms with E-state index in [9.17, 15) is 9.90 Å². The summed E-state index contributed by atoms with van der Waals surface area (Å²) in [5, 5.41) is 9.78. The van der Waals surface area contributed by atoms with Crippen molar-refractivity contribution < 1.29 is 9.90 Å². The molecule has 0 spiro atoms. The van der Waals surface area contributed by atoms with E-state index in [1.165, 1.54) is 25.7 Å². The standard InChI is InChI=1S/C17H23NO2/c19-16(20)17(14-6-2-1-3-7-14)10-12-18(13-11-17)15-8-4-5-9-15/h1-3,6-7,15H,4-5,8-13H2,(H,19,20). The van der Waals surface area contributed by atoms with Gasteiger partial charge in [0.05, 0.1) is 5.41 Å². The van der Waals surface area contributed by atoms with Crippen molar-refractivity contribution in [1.82, 2.24) is 4.90 Å². The summed E-state index contributed by atoms with van der Waals surface area (Å²) in [4.78, 5) is 14.4. The van der Waals surface area contributed by atoms with Gasteiger partial charge in [0.1, 0.15) is 0 Å². The molecular weight excluding hydrogens is 250 g/mol. The van der Waals surface area contributed by atoms with Gasteiger partial charge >= 0.3 is 5.97 Å². The van der Waals surface area contributed by atoms with Crippen molar-refractivity contribution in [3.05, 3.63) is 35.9 Å². The van der Waals surface area contributed by atoms with Crippen molar-refractivity contribution in [2.75, 3.05) is 13.1 Å². The first-order chi connectivity index (χ1) is 9.72. The van der Waals surface area contributed by atoms with Gasteiger partial charge in [-0.2, -0.15) is 0 Å². The highest BCUT2D eigenvalue weighted by molar-refractivity contribution is 5.81. The van der Waals surface area contributed by atoms with Crippen LogP contribution < -0.4 is 0 Å². The molecule has 1 aliphatic heterocycles. The van der Waals surface area contributed by atoms with Crippen LogP contribution >= 0.6 is 0 Å². The van der Waals surface area contributed by atoms with Crippen molar-refractivity contribution in [2.24, 2.45) is 0 Å². The third-order valence-corrected chi connectivity index (χ3v) is 5.23. The van der Waals surface area contributed by atoms with Crippen LogP contribution in [0.3, 0.4) is 0 Å². The predicted molar refractivity (Wildman–Crippen MR) is 78.8 cm³/mol. The van der Waals surface area contributed by atoms with E-state index < -0.39 is 11.4 Å². The minimum atomic E-state index is -0.670. The van der Waals surface area contributed by atoms with Gasteiger partial charge in [-0.1, -0.05) is 43.2 Å². The first kappa shape index (κ1) is 13.6. The molecule has 1 saturated heterocycles. The minimum Gasteiger partial charge on any atom is -0.481 e. The second-order valence-electron chi connectivity index (χ2n) is 6.23. The van der Waals surface area contributed by atoms with E-state index in [1.807, 2.05) is 30.3 Å². The number of hydrogen-bond acceptors (Lipinski definition) is 2. The number of carboxylic acid groups (broad SMARTS) is 1. The number of hydrogen-bond donors (Lipinski definition) is 1. The van der Waals surface area contributed by atoms with Gasteiger partial charge in [0, 0.05) is 6.04 Å². The summed E-state index contributed by atoms with van der Waals surface area (Å²) < 4.78 is 0. The number of likely N-dealkylation sites (tertiary alicyclic amines) is 1. The Hall–Kier alpha value is -1.35. The molecule has 1 aliphatic carbocycles. The fourth-order valence-electron chi connectivity index (χ4n) is 3.92. The number of carboxylic acids is 1. The molecule has 2 aliphatic rings. The van der Waals surface area contributed by atoms with E-state index in [2.05, 4.69) is 4.90 Å². The second kappa shape index (κ2) is 5.57. The molecule has 2 fully saturated rings. The Morgan fingerprint density at radius 2 is 1.70 bits per heavy atom. The van der Waals surface area contributed by atoms with Gasteiger partial charge in [0.2, 0.25) is 0 Å². The molecule has 1 heterocycles. The van der Waals surface area contributed by atoms with Crippen molar-refractivity contribution in [2.45, 2.75) is 50.0 Å². The molecular formula is C17H23NO2. The fourth-order valence-corrected chi connectivity index (χ4v) is 3.92. The summed E-state index contributed by atoms with van der Waals surface area (Å²) in [5.74, 6) is -0.658. The number of benzene rings is 1. The maximum Gasteiger partial charge on any atom is 0.314 e. The van der Waals surface area contributed by atoms with Crippen LogP contribution in [0.1, 0.15) is 44.1 Å². The lowest BCUT2D eigenvalue weighted by Gasteiger charge is -2.41. The van der Waals surface area contributed by atoms with E-state index >= 15 is 0 Å². The number of nitrogens with zero attached hydrogens (tertiary/aromatic N) is 1. The van der Waals surface area contributed by atoms with Crippen LogP contribution in [-0.2, 0) is 10.2 Å². The average Bonchev–Trinajstić information content (AvgIpc) is 3.02. The smallest absolute Gasteiger partial charge is 0.314 e. The lowest BCUT2D eigenvalue weighted by Crippen LogP contribution is -2.49. The lowest BCUT2D eigenvalue weighted by atomic mass is 9.72. The van der Waals surface area contributed by atoms with Crippen LogP contribution in [0.2, 0.25) is 0 Å². The average molecular weight is 273 g/mol. The molecule has 3 heteroatoms. The van der Waals surface area contributed by atoms with Gasteiger partial charge in [-0.05, 0) is 44.3 Å². The van der Waals surface area contributed by atoms with Crippen LogP contribution in [0.15, 0.2) is 30.3 Å². The number of rotatable bonds is 3. The predicted octanol–water partition coefficient (Wildman–Crippen LogP) is 3.05. The zero-order valence-electron chi connectivity index (χ0n) is 11.9. The summed E-state index contributed by atoms with van der Waals surface area (Å²) in [6, 6.07) is 10.5. The highest BCUT2D eigenvalue weighted by atomic mass is 16.4. The summed E-state index contributed by atoms with van der Waals surface area (Å²) in [5.41, 5.74) is 0.301. The molecule has 3 nitrogen and oxygen atoms in total. The Morgan fingerprint density at radius 1 is 1.10 bits per heavy atom. The highest BCUT2D eigenvalue weighted by Gasteiger charge is 2.44. The van der Waals surface area contributed by atoms with E-state index in [1.54, 1.807) is 0 Å². The molecule has 0 amide bonds. The molecule has 0 aromatic heterocycles. The molecule has 1 saturated carbocycles. The van der Waals surface area contributed by atoms with E-state index in [0.29, 0.717) is 6.04 Å². The van der Waals surface area contributed by atoms with Crippen LogP contribution in [0.4, 0.5) is 0 Å². The maximum absolute atomic E-state index is 11.9. The maximum atomic E-state index is 11.9. The normalized spacial score (nSPS) is 23.8. The van der Waals surface area contributed by atoms with E-state index in [4.69, 9.17) is 0 Å². The monoisotopic (exact) mass is 273 g/mol. The van der Waals surface area contributed by atoms with Crippen molar-refractivity contribution in [3.8, 4) is 0 Å². The number of aliphatic carboxylic acids is 1. The summed E-state index contributed by atoms with van der Waals surface area (Å²) >= 11 is 0. The molecule has 0 unspecified atom stereocenters. The Kier molecular flexibility index (Phi) is 3.79. The Labute approximate surface area is 120 Å². The second-order valence-corrected chi connectivity index (χ2v) is 6.23. The van der Waals surface area contributed by atoms with E-state index in [-0.39, 0.29) is 0 Å². The van der Waals surface area contributed by atoms with Crippen LogP contribution in [0.5, 0.6) is 0 Å². The summed E-state index contributed by atoms with van der Waals surface area (Å²) in [6.07, 6.45) is 6.75. The lowest BCUT2D eigenvalue weighted by molar-refractivity contribution is -0.146. The third-order valence-electron chi connectivity index (χ3n) is 5.23. The molecule has 3 rings (SSSR count). The third kappa shape index (κ3) is 2.35. The molecule has 0 atom stereocenters. The van der Waals surface area contributed by atoms with Gasteiger partial charge in [0.15, 0.2) is 0 Å². The van der Waals surface area contributed by atoms with Crippen LogP contribution in [0.25, 0.3) is 0 Å². The largest absolute Gasteiger partial charge is 0.481 e. The van der Waals surface area contributed by atoms with E-state index in [0.717, 1.165) is 31.5 Å². The molecule has 1 aromatic carbocycles. The zero-order chi connectivity index (χ0) is 14.0. The van der Waals surface area contributed by atoms with Crippen molar-refractivity contribution in [1.29, 1.82) is 0 Å². The first-order valence-electron chi connectivity index (χ1n) is 7.75. The SMILES string of the molecule is O=C(O)C1(c2ccccc2)CCN(C2CCCC2)CC1. The molecule has 1 aromatic rings. The molecule has 1 N–H and O–H groups in total. The molecule has 108 valence electrons. The van der Waals surface area contributed by atoms with Crippen molar-refractivity contribution in [3.63, 3.8) is 0 Å². The van der Waals surface area contributed by atoms with Gasteiger partial charge in [-0.3, -0.25) is 4.79 Å².